The third kappa shape index (κ3) is 3.35. The van der Waals surface area contributed by atoms with Crippen molar-refractivity contribution < 1.29 is 21.7 Å². The summed E-state index contributed by atoms with van der Waals surface area (Å²) in [7, 11) is -4.52. The van der Waals surface area contributed by atoms with E-state index in [2.05, 4.69) is 21.1 Å². The molecule has 0 radical (unpaired) electrons. The SMILES string of the molecule is Cc1onc(-c2cccc(Br)c2)c1-c1cc(F)c(S(N)(=O)=O)c(F)c1. The van der Waals surface area contributed by atoms with Crippen molar-refractivity contribution in [1.29, 1.82) is 0 Å². The van der Waals surface area contributed by atoms with Crippen LogP contribution in [0.5, 0.6) is 0 Å². The number of nitrogens with two attached hydrogens (primary N) is 1. The molecule has 0 saturated heterocycles. The van der Waals surface area contributed by atoms with Gasteiger partial charge in [-0.15, -0.1) is 0 Å². The maximum Gasteiger partial charge on any atom is 0.243 e. The second kappa shape index (κ2) is 6.32. The number of benzene rings is 2. The van der Waals surface area contributed by atoms with Crippen molar-refractivity contribution in [1.82, 2.24) is 5.16 Å². The second-order valence-electron chi connectivity index (χ2n) is 5.29. The van der Waals surface area contributed by atoms with Gasteiger partial charge >= 0.3 is 0 Å². The van der Waals surface area contributed by atoms with E-state index in [4.69, 9.17) is 9.66 Å². The van der Waals surface area contributed by atoms with Gasteiger partial charge < -0.3 is 4.52 Å². The van der Waals surface area contributed by atoms with E-state index in [1.165, 1.54) is 0 Å². The first-order valence-corrected chi connectivity index (χ1v) is 9.27. The number of aromatic nitrogens is 1. The summed E-state index contributed by atoms with van der Waals surface area (Å²) in [4.78, 5) is -1.17. The lowest BCUT2D eigenvalue weighted by molar-refractivity contribution is 0.400. The third-order valence-electron chi connectivity index (χ3n) is 3.53. The summed E-state index contributed by atoms with van der Waals surface area (Å²) in [5, 5.41) is 8.80. The predicted octanol–water partition coefficient (Wildman–Crippen LogP) is 4.01. The minimum absolute atomic E-state index is 0.0936. The lowest BCUT2D eigenvalue weighted by atomic mass is 9.99. The summed E-state index contributed by atoms with van der Waals surface area (Å²) >= 11 is 3.34. The zero-order valence-electron chi connectivity index (χ0n) is 12.8. The fraction of sp³-hybridized carbons (Fsp3) is 0.0625. The summed E-state index contributed by atoms with van der Waals surface area (Å²) < 4.78 is 57.0. The number of hydrogen-bond donors (Lipinski definition) is 1. The molecule has 3 rings (SSSR count). The first-order chi connectivity index (χ1) is 11.7. The summed E-state index contributed by atoms with van der Waals surface area (Å²) in [5.74, 6) is -2.23. The number of aryl methyl sites for hydroxylation is 1. The number of primary sulfonamides is 1. The van der Waals surface area contributed by atoms with Gasteiger partial charge in [-0.05, 0) is 36.8 Å². The molecule has 0 saturated carbocycles. The van der Waals surface area contributed by atoms with E-state index in [1.807, 2.05) is 6.07 Å². The molecule has 0 atom stereocenters. The number of rotatable bonds is 3. The largest absolute Gasteiger partial charge is 0.360 e. The van der Waals surface area contributed by atoms with E-state index in [-0.39, 0.29) is 5.56 Å². The molecule has 25 heavy (non-hydrogen) atoms. The Bertz CT molecular complexity index is 1060. The standard InChI is InChI=1S/C16H11BrF2N2O3S/c1-8-14(15(21-24-8)9-3-2-4-11(17)5-9)10-6-12(18)16(13(19)7-10)25(20,22)23/h2-7H,1H3,(H2,20,22,23). The normalized spacial score (nSPS) is 11.7. The molecule has 0 amide bonds. The highest BCUT2D eigenvalue weighted by Crippen LogP contribution is 2.36. The Labute approximate surface area is 150 Å². The Morgan fingerprint density at radius 2 is 1.76 bits per heavy atom. The molecule has 1 heterocycles. The molecule has 0 unspecified atom stereocenters. The molecule has 2 aromatic carbocycles. The number of hydrogen-bond acceptors (Lipinski definition) is 4. The summed E-state index contributed by atoms with van der Waals surface area (Å²) in [5.41, 5.74) is 1.49. The number of sulfonamides is 1. The number of nitrogens with zero attached hydrogens (tertiary/aromatic N) is 1. The minimum atomic E-state index is -4.52. The summed E-state index contributed by atoms with van der Waals surface area (Å²) in [6.07, 6.45) is 0. The molecule has 0 bridgehead atoms. The van der Waals surface area contributed by atoms with Crippen molar-refractivity contribution >= 4 is 26.0 Å². The Balaban J connectivity index is 2.24. The van der Waals surface area contributed by atoms with Crippen LogP contribution in [0, 0.1) is 18.6 Å². The monoisotopic (exact) mass is 428 g/mol. The third-order valence-corrected chi connectivity index (χ3v) is 4.98. The average Bonchev–Trinajstić information content (AvgIpc) is 2.86. The van der Waals surface area contributed by atoms with Crippen LogP contribution < -0.4 is 5.14 Å². The minimum Gasteiger partial charge on any atom is -0.360 e. The molecule has 5 nitrogen and oxygen atoms in total. The van der Waals surface area contributed by atoms with Crippen LogP contribution in [0.15, 0.2) is 50.3 Å². The van der Waals surface area contributed by atoms with Gasteiger partial charge in [0, 0.05) is 10.0 Å². The average molecular weight is 429 g/mol. The Kier molecular flexibility index (Phi) is 4.48. The molecule has 1 aromatic heterocycles. The van der Waals surface area contributed by atoms with Gasteiger partial charge in [0.1, 0.15) is 23.1 Å². The van der Waals surface area contributed by atoms with Crippen LogP contribution in [0.3, 0.4) is 0 Å². The number of halogens is 3. The quantitative estimate of drug-likeness (QED) is 0.682. The van der Waals surface area contributed by atoms with Gasteiger partial charge in [0.05, 0.1) is 5.56 Å². The Morgan fingerprint density at radius 1 is 1.12 bits per heavy atom. The lowest BCUT2D eigenvalue weighted by Gasteiger charge is -2.08. The van der Waals surface area contributed by atoms with Crippen molar-refractivity contribution in [3.63, 3.8) is 0 Å². The molecule has 9 heteroatoms. The van der Waals surface area contributed by atoms with Crippen molar-refractivity contribution in [2.24, 2.45) is 5.14 Å². The van der Waals surface area contributed by atoms with Gasteiger partial charge in [-0.3, -0.25) is 0 Å². The van der Waals surface area contributed by atoms with Crippen LogP contribution in [0.25, 0.3) is 22.4 Å². The first-order valence-electron chi connectivity index (χ1n) is 6.93. The highest BCUT2D eigenvalue weighted by molar-refractivity contribution is 9.10. The topological polar surface area (TPSA) is 86.2 Å². The molecule has 0 spiro atoms. The van der Waals surface area contributed by atoms with Crippen LogP contribution in [-0.2, 0) is 10.0 Å². The zero-order chi connectivity index (χ0) is 18.4. The van der Waals surface area contributed by atoms with E-state index >= 15 is 0 Å². The van der Waals surface area contributed by atoms with E-state index in [0.717, 1.165) is 16.6 Å². The Hall–Kier alpha value is -2.10. The van der Waals surface area contributed by atoms with Crippen LogP contribution in [0.1, 0.15) is 5.76 Å². The van der Waals surface area contributed by atoms with Crippen molar-refractivity contribution in [3.8, 4) is 22.4 Å². The van der Waals surface area contributed by atoms with Crippen molar-refractivity contribution in [3.05, 3.63) is 58.3 Å². The molecule has 0 fully saturated rings. The predicted molar refractivity (Wildman–Crippen MR) is 91.1 cm³/mol. The van der Waals surface area contributed by atoms with Gasteiger partial charge in [0.15, 0.2) is 4.90 Å². The van der Waals surface area contributed by atoms with Crippen LogP contribution in [0.4, 0.5) is 8.78 Å². The van der Waals surface area contributed by atoms with Gasteiger partial charge in [0.2, 0.25) is 10.0 Å². The zero-order valence-corrected chi connectivity index (χ0v) is 15.2. The molecule has 0 aliphatic carbocycles. The van der Waals surface area contributed by atoms with Crippen molar-refractivity contribution in [2.75, 3.05) is 0 Å². The summed E-state index contributed by atoms with van der Waals surface area (Å²) in [6.45, 7) is 1.59. The highest BCUT2D eigenvalue weighted by Gasteiger charge is 2.24. The second-order valence-corrected chi connectivity index (χ2v) is 7.70. The maximum absolute atomic E-state index is 14.2. The molecule has 2 N–H and O–H groups in total. The van der Waals surface area contributed by atoms with Gasteiger partial charge in [-0.25, -0.2) is 22.3 Å². The fourth-order valence-corrected chi connectivity index (χ4v) is 3.58. The van der Waals surface area contributed by atoms with Gasteiger partial charge in [-0.2, -0.15) is 0 Å². The van der Waals surface area contributed by atoms with Gasteiger partial charge in [0.25, 0.3) is 0 Å². The molecule has 130 valence electrons. The summed E-state index contributed by atoms with van der Waals surface area (Å²) in [6, 6.07) is 8.91. The molecular weight excluding hydrogens is 418 g/mol. The van der Waals surface area contributed by atoms with E-state index in [9.17, 15) is 17.2 Å². The van der Waals surface area contributed by atoms with Gasteiger partial charge in [-0.1, -0.05) is 33.2 Å². The molecule has 0 aliphatic rings. The molecule has 3 aromatic rings. The van der Waals surface area contributed by atoms with Crippen LogP contribution in [-0.4, -0.2) is 13.6 Å². The smallest absolute Gasteiger partial charge is 0.243 e. The van der Waals surface area contributed by atoms with E-state index in [0.29, 0.717) is 22.6 Å². The molecule has 0 aliphatic heterocycles. The van der Waals surface area contributed by atoms with Crippen LogP contribution in [0.2, 0.25) is 0 Å². The maximum atomic E-state index is 14.2. The highest BCUT2D eigenvalue weighted by atomic mass is 79.9. The van der Waals surface area contributed by atoms with E-state index in [1.54, 1.807) is 25.1 Å². The first kappa shape index (κ1) is 17.7. The van der Waals surface area contributed by atoms with Crippen molar-refractivity contribution in [2.45, 2.75) is 11.8 Å². The Morgan fingerprint density at radius 3 is 2.32 bits per heavy atom. The van der Waals surface area contributed by atoms with Crippen LogP contribution >= 0.6 is 15.9 Å². The molecular formula is C16H11BrF2N2O3S. The fourth-order valence-electron chi connectivity index (χ4n) is 2.52. The van der Waals surface area contributed by atoms with E-state index < -0.39 is 26.6 Å². The lowest BCUT2D eigenvalue weighted by Crippen LogP contribution is -2.16.